The van der Waals surface area contributed by atoms with Crippen molar-refractivity contribution < 1.29 is 14.3 Å². The third-order valence-corrected chi connectivity index (χ3v) is 1.14. The molecule has 54 valence electrons. The van der Waals surface area contributed by atoms with Gasteiger partial charge in [0, 0.05) is 5.92 Å². The predicted molar refractivity (Wildman–Crippen MR) is 30.8 cm³/mol. The summed E-state index contributed by atoms with van der Waals surface area (Å²) in [5, 5.41) is 8.19. The van der Waals surface area contributed by atoms with E-state index in [1.165, 1.54) is 6.92 Å². The van der Waals surface area contributed by atoms with E-state index in [0.29, 0.717) is 0 Å². The minimum absolute atomic E-state index is 0.595. The molecule has 0 aliphatic carbocycles. The Balaban J connectivity index is 3.72. The van der Waals surface area contributed by atoms with Crippen molar-refractivity contribution in [1.29, 1.82) is 0 Å². The van der Waals surface area contributed by atoms with Gasteiger partial charge in [0.15, 0.2) is 0 Å². The summed E-state index contributed by atoms with van der Waals surface area (Å²) in [6, 6.07) is -1.07. The molecule has 9 heavy (non-hydrogen) atoms. The molecule has 0 spiro atoms. The molecule has 0 aromatic heterocycles. The zero-order chi connectivity index (χ0) is 7.44. The van der Waals surface area contributed by atoms with Crippen molar-refractivity contribution in [2.45, 2.75) is 13.0 Å². The van der Waals surface area contributed by atoms with Crippen molar-refractivity contribution in [3.63, 3.8) is 0 Å². The van der Waals surface area contributed by atoms with E-state index < -0.39 is 24.6 Å². The lowest BCUT2D eigenvalue weighted by atomic mass is 10.1. The Kier molecular flexibility index (Phi) is 3.16. The first-order valence-corrected chi connectivity index (χ1v) is 2.64. The van der Waals surface area contributed by atoms with Crippen molar-refractivity contribution in [3.8, 4) is 0 Å². The smallest absolute Gasteiger partial charge is 0.320 e. The van der Waals surface area contributed by atoms with E-state index in [9.17, 15) is 9.18 Å². The summed E-state index contributed by atoms with van der Waals surface area (Å²) in [6.07, 6.45) is 0. The molecule has 2 atom stereocenters. The normalized spacial score (nSPS) is 16.8. The van der Waals surface area contributed by atoms with Gasteiger partial charge in [0.2, 0.25) is 0 Å². The van der Waals surface area contributed by atoms with Gasteiger partial charge in [0.05, 0.1) is 6.67 Å². The summed E-state index contributed by atoms with van der Waals surface area (Å²) >= 11 is 0. The zero-order valence-corrected chi connectivity index (χ0v) is 5.17. The number of alkyl halides is 1. The van der Waals surface area contributed by atoms with Crippen molar-refractivity contribution >= 4 is 5.97 Å². The molecule has 0 saturated carbocycles. The highest BCUT2D eigenvalue weighted by atomic mass is 18.2. The SMILES string of the molecule is CC(C[18F])C(N)C(=O)O. The average Bonchev–Trinajstić information content (AvgIpc) is 1.84. The Morgan fingerprint density at radius 2 is 2.33 bits per heavy atom. The van der Waals surface area contributed by atoms with E-state index in [4.69, 9.17) is 10.8 Å². The molecule has 0 fully saturated rings. The predicted octanol–water partition coefficient (Wildman–Crippen LogP) is 0.00390. The quantitative estimate of drug-likeness (QED) is 0.571. The van der Waals surface area contributed by atoms with Gasteiger partial charge in [-0.3, -0.25) is 9.18 Å². The van der Waals surface area contributed by atoms with Crippen LogP contribution in [0, 0.1) is 5.92 Å². The molecule has 0 saturated heterocycles. The van der Waals surface area contributed by atoms with Gasteiger partial charge in [-0.15, -0.1) is 0 Å². The molecule has 0 aromatic rings. The summed E-state index contributed by atoms with van der Waals surface area (Å²) in [5.74, 6) is -1.75. The number of nitrogens with two attached hydrogens (primary N) is 1. The van der Waals surface area contributed by atoms with E-state index in [2.05, 4.69) is 0 Å². The first-order valence-electron chi connectivity index (χ1n) is 2.64. The van der Waals surface area contributed by atoms with Gasteiger partial charge in [0.1, 0.15) is 6.04 Å². The molecule has 0 heterocycles. The number of carbonyl (C=O) groups is 1. The lowest BCUT2D eigenvalue weighted by Gasteiger charge is -2.10. The molecule has 3 nitrogen and oxygen atoms in total. The van der Waals surface area contributed by atoms with Gasteiger partial charge in [0.25, 0.3) is 0 Å². The van der Waals surface area contributed by atoms with E-state index in [1.807, 2.05) is 0 Å². The molecule has 0 aliphatic rings. The largest absolute Gasteiger partial charge is 0.480 e. The van der Waals surface area contributed by atoms with Crippen LogP contribution in [0.1, 0.15) is 6.92 Å². The summed E-state index contributed by atoms with van der Waals surface area (Å²) in [6.45, 7) is 0.770. The molecule has 0 radical (unpaired) electrons. The minimum atomic E-state index is -1.15. The Morgan fingerprint density at radius 3 is 2.44 bits per heavy atom. The van der Waals surface area contributed by atoms with Gasteiger partial charge < -0.3 is 10.8 Å². The Bertz CT molecular complexity index is 107. The summed E-state index contributed by atoms with van der Waals surface area (Å²) in [5.41, 5.74) is 5.03. The van der Waals surface area contributed by atoms with Crippen LogP contribution in [0.3, 0.4) is 0 Å². The molecule has 0 amide bonds. The molecular formula is C5H10FNO2. The van der Waals surface area contributed by atoms with Crippen LogP contribution in [0.15, 0.2) is 0 Å². The summed E-state index contributed by atoms with van der Waals surface area (Å²) < 4.78 is 11.7. The number of hydrogen-bond donors (Lipinski definition) is 2. The molecule has 0 bridgehead atoms. The van der Waals surface area contributed by atoms with E-state index in [1.54, 1.807) is 0 Å². The second-order valence-corrected chi connectivity index (χ2v) is 2.00. The van der Waals surface area contributed by atoms with Crippen LogP contribution in [0.25, 0.3) is 0 Å². The van der Waals surface area contributed by atoms with E-state index in [-0.39, 0.29) is 0 Å². The number of halogens is 1. The van der Waals surface area contributed by atoms with Gasteiger partial charge in [-0.25, -0.2) is 0 Å². The van der Waals surface area contributed by atoms with Gasteiger partial charge >= 0.3 is 5.97 Å². The maximum Gasteiger partial charge on any atom is 0.320 e. The second kappa shape index (κ2) is 3.40. The minimum Gasteiger partial charge on any atom is -0.480 e. The van der Waals surface area contributed by atoms with Crippen LogP contribution in [0.4, 0.5) is 4.39 Å². The fourth-order valence-electron chi connectivity index (χ4n) is 0.339. The Hall–Kier alpha value is -0.640. The van der Waals surface area contributed by atoms with Gasteiger partial charge in [-0.2, -0.15) is 0 Å². The Morgan fingerprint density at radius 1 is 1.89 bits per heavy atom. The third kappa shape index (κ3) is 2.41. The van der Waals surface area contributed by atoms with Crippen molar-refractivity contribution in [3.05, 3.63) is 0 Å². The lowest BCUT2D eigenvalue weighted by molar-refractivity contribution is -0.139. The number of aliphatic carboxylic acids is 1. The molecule has 0 aromatic carbocycles. The van der Waals surface area contributed by atoms with Crippen LogP contribution < -0.4 is 5.73 Å². The molecule has 0 rings (SSSR count). The number of carboxylic acids is 1. The van der Waals surface area contributed by atoms with Crippen LogP contribution in [0.5, 0.6) is 0 Å². The Labute approximate surface area is 52.7 Å². The summed E-state index contributed by atoms with van der Waals surface area (Å²) in [4.78, 5) is 10.0. The third-order valence-electron chi connectivity index (χ3n) is 1.14. The topological polar surface area (TPSA) is 63.3 Å². The molecule has 4 heteroatoms. The fourth-order valence-corrected chi connectivity index (χ4v) is 0.339. The lowest BCUT2D eigenvalue weighted by Crippen LogP contribution is -2.37. The first kappa shape index (κ1) is 8.36. The van der Waals surface area contributed by atoms with Crippen LogP contribution in [-0.4, -0.2) is 23.8 Å². The van der Waals surface area contributed by atoms with Crippen LogP contribution >= 0.6 is 0 Å². The highest BCUT2D eigenvalue weighted by molar-refractivity contribution is 5.73. The first-order chi connectivity index (χ1) is 4.09. The highest BCUT2D eigenvalue weighted by Gasteiger charge is 2.18. The van der Waals surface area contributed by atoms with Crippen molar-refractivity contribution in [2.24, 2.45) is 11.7 Å². The van der Waals surface area contributed by atoms with E-state index in [0.717, 1.165) is 0 Å². The zero-order valence-electron chi connectivity index (χ0n) is 5.17. The van der Waals surface area contributed by atoms with Crippen LogP contribution in [0.2, 0.25) is 0 Å². The molecular weight excluding hydrogens is 124 g/mol. The molecule has 2 unspecified atom stereocenters. The van der Waals surface area contributed by atoms with Crippen molar-refractivity contribution in [2.75, 3.05) is 6.67 Å². The highest BCUT2D eigenvalue weighted by Crippen LogP contribution is 2.00. The number of carboxylic acid groups (broad SMARTS) is 1. The fraction of sp³-hybridized carbons (Fsp3) is 0.800. The maximum atomic E-state index is 11.7. The van der Waals surface area contributed by atoms with Crippen LogP contribution in [-0.2, 0) is 4.79 Å². The molecule has 3 N–H and O–H groups in total. The van der Waals surface area contributed by atoms with Gasteiger partial charge in [-0.1, -0.05) is 6.92 Å². The van der Waals surface area contributed by atoms with E-state index >= 15 is 0 Å². The number of rotatable bonds is 3. The van der Waals surface area contributed by atoms with Gasteiger partial charge in [-0.05, 0) is 0 Å². The second-order valence-electron chi connectivity index (χ2n) is 2.00. The standard InChI is InChI=1S/C5H10FNO2/c1-3(2-6)4(7)5(8)9/h3-4H,2,7H2,1H3,(H,8,9)/i6-1. The van der Waals surface area contributed by atoms with Crippen molar-refractivity contribution in [1.82, 2.24) is 0 Å². The number of hydrogen-bond acceptors (Lipinski definition) is 2. The monoisotopic (exact) mass is 134 g/mol. The maximum absolute atomic E-state index is 11.7. The average molecular weight is 134 g/mol. The molecule has 0 aliphatic heterocycles. The summed E-state index contributed by atoms with van der Waals surface area (Å²) in [7, 11) is 0.